The number of halogens is 2. The average Bonchev–Trinajstić information content (AvgIpc) is 3.10. The Labute approximate surface area is 184 Å². The van der Waals surface area contributed by atoms with Crippen molar-refractivity contribution in [3.8, 4) is 11.1 Å². The first kappa shape index (κ1) is 21.6. The van der Waals surface area contributed by atoms with Crippen LogP contribution in [0.25, 0.3) is 22.0 Å². The molecule has 0 aliphatic carbocycles. The largest absolute Gasteiger partial charge is 0.359 e. The van der Waals surface area contributed by atoms with Crippen molar-refractivity contribution in [3.63, 3.8) is 0 Å². The maximum Gasteiger partial charge on any atom is 0.243 e. The molecule has 0 radical (unpaired) electrons. The number of primary sulfonamides is 1. The number of fused-ring (bicyclic) bond motifs is 1. The van der Waals surface area contributed by atoms with E-state index >= 15 is 0 Å². The number of benzene rings is 2. The summed E-state index contributed by atoms with van der Waals surface area (Å²) in [6, 6.07) is 6.97. The molecule has 12 heteroatoms. The van der Waals surface area contributed by atoms with E-state index in [1.54, 1.807) is 12.1 Å². The van der Waals surface area contributed by atoms with Gasteiger partial charge >= 0.3 is 0 Å². The van der Waals surface area contributed by atoms with Gasteiger partial charge < -0.3 is 10.3 Å². The summed E-state index contributed by atoms with van der Waals surface area (Å²) in [5.74, 6) is 0. The van der Waals surface area contributed by atoms with Gasteiger partial charge in [0.2, 0.25) is 20.0 Å². The van der Waals surface area contributed by atoms with Crippen molar-refractivity contribution in [2.24, 2.45) is 5.14 Å². The van der Waals surface area contributed by atoms with Crippen LogP contribution in [0.2, 0.25) is 10.0 Å². The molecular formula is C18H18Cl2N4O4S2. The van der Waals surface area contributed by atoms with Crippen molar-refractivity contribution in [1.82, 2.24) is 14.6 Å². The highest BCUT2D eigenvalue weighted by atomic mass is 35.5. The molecule has 1 fully saturated rings. The standard InChI is InChI=1S/C18H18Cl2N4O4S2/c19-14-3-2-12(18-17(14)15(20)10-23-18)13-9-11(1-4-16(13)29(21,25)26)30(27,28)24-7-5-22-6-8-24/h1-4,9-10,22-23H,5-8H2,(H2,21,25,26). The van der Waals surface area contributed by atoms with Crippen LogP contribution in [-0.4, -0.2) is 52.3 Å². The third kappa shape index (κ3) is 3.73. The molecule has 1 aromatic heterocycles. The second-order valence-electron chi connectivity index (χ2n) is 6.84. The van der Waals surface area contributed by atoms with Gasteiger partial charge in [-0.2, -0.15) is 4.31 Å². The van der Waals surface area contributed by atoms with E-state index in [1.165, 1.54) is 28.7 Å². The predicted octanol–water partition coefficient (Wildman–Crippen LogP) is 2.38. The number of piperazine rings is 1. The molecule has 160 valence electrons. The van der Waals surface area contributed by atoms with Gasteiger partial charge in [-0.05, 0) is 24.3 Å². The van der Waals surface area contributed by atoms with Crippen LogP contribution < -0.4 is 10.5 Å². The predicted molar refractivity (Wildman–Crippen MR) is 117 cm³/mol. The summed E-state index contributed by atoms with van der Waals surface area (Å²) >= 11 is 12.4. The minimum Gasteiger partial charge on any atom is -0.359 e. The first-order chi connectivity index (χ1) is 14.1. The van der Waals surface area contributed by atoms with Crippen molar-refractivity contribution in [3.05, 3.63) is 46.6 Å². The summed E-state index contributed by atoms with van der Waals surface area (Å²) in [5.41, 5.74) is 1.05. The molecule has 0 atom stereocenters. The molecule has 0 unspecified atom stereocenters. The van der Waals surface area contributed by atoms with Crippen molar-refractivity contribution in [1.29, 1.82) is 0 Å². The number of nitrogens with two attached hydrogens (primary N) is 1. The highest BCUT2D eigenvalue weighted by Crippen LogP contribution is 2.39. The monoisotopic (exact) mass is 488 g/mol. The third-order valence-corrected chi connectivity index (χ3v) is 8.47. The number of hydrogen-bond donors (Lipinski definition) is 3. The summed E-state index contributed by atoms with van der Waals surface area (Å²) in [6.07, 6.45) is 1.53. The van der Waals surface area contributed by atoms with E-state index in [0.717, 1.165) is 0 Å². The number of aromatic nitrogens is 1. The minimum atomic E-state index is -4.14. The molecule has 1 saturated heterocycles. The van der Waals surface area contributed by atoms with Gasteiger partial charge in [-0.1, -0.05) is 29.3 Å². The lowest BCUT2D eigenvalue weighted by atomic mass is 10.0. The fourth-order valence-corrected chi connectivity index (χ4v) is 6.31. The van der Waals surface area contributed by atoms with E-state index < -0.39 is 20.0 Å². The first-order valence-corrected chi connectivity index (χ1v) is 12.7. The molecule has 0 spiro atoms. The van der Waals surface area contributed by atoms with Crippen LogP contribution in [0.15, 0.2) is 46.3 Å². The van der Waals surface area contributed by atoms with Crippen molar-refractivity contribution < 1.29 is 16.8 Å². The molecular weight excluding hydrogens is 471 g/mol. The zero-order valence-electron chi connectivity index (χ0n) is 15.5. The fourth-order valence-electron chi connectivity index (χ4n) is 3.55. The topological polar surface area (TPSA) is 125 Å². The molecule has 1 aliphatic rings. The number of nitrogens with zero attached hydrogens (tertiary/aromatic N) is 1. The molecule has 1 aliphatic heterocycles. The van der Waals surface area contributed by atoms with Crippen LogP contribution in [-0.2, 0) is 20.0 Å². The number of H-pyrrole nitrogens is 1. The molecule has 8 nitrogen and oxygen atoms in total. The molecule has 2 aromatic carbocycles. The van der Waals surface area contributed by atoms with Gasteiger partial charge in [-0.3, -0.25) is 0 Å². The van der Waals surface area contributed by atoms with Crippen LogP contribution in [0.1, 0.15) is 0 Å². The van der Waals surface area contributed by atoms with Crippen LogP contribution in [0, 0.1) is 0 Å². The van der Waals surface area contributed by atoms with E-state index in [9.17, 15) is 16.8 Å². The Morgan fingerprint density at radius 2 is 1.63 bits per heavy atom. The second kappa shape index (κ2) is 7.79. The Bertz CT molecular complexity index is 1350. The van der Waals surface area contributed by atoms with Gasteiger partial charge in [0, 0.05) is 48.9 Å². The highest BCUT2D eigenvalue weighted by molar-refractivity contribution is 7.89. The SMILES string of the molecule is NS(=O)(=O)c1ccc(S(=O)(=O)N2CCNCC2)cc1-c1ccc(Cl)c2c(Cl)c[nH]c12. The molecule has 0 bridgehead atoms. The zero-order valence-corrected chi connectivity index (χ0v) is 18.7. The summed E-state index contributed by atoms with van der Waals surface area (Å²) < 4.78 is 52.1. The molecule has 2 heterocycles. The summed E-state index contributed by atoms with van der Waals surface area (Å²) in [6.45, 7) is 1.73. The smallest absolute Gasteiger partial charge is 0.243 e. The van der Waals surface area contributed by atoms with Crippen molar-refractivity contribution in [2.45, 2.75) is 9.79 Å². The van der Waals surface area contributed by atoms with E-state index in [1.807, 2.05) is 0 Å². The molecule has 0 amide bonds. The van der Waals surface area contributed by atoms with Crippen molar-refractivity contribution >= 4 is 54.2 Å². The first-order valence-electron chi connectivity index (χ1n) is 8.94. The van der Waals surface area contributed by atoms with Gasteiger partial charge in [0.1, 0.15) is 0 Å². The number of nitrogens with one attached hydrogen (secondary N) is 2. The number of sulfonamides is 2. The number of aromatic amines is 1. The summed E-state index contributed by atoms with van der Waals surface area (Å²) in [7, 11) is -7.95. The second-order valence-corrected chi connectivity index (χ2v) is 11.1. The number of rotatable bonds is 4. The zero-order chi connectivity index (χ0) is 21.7. The van der Waals surface area contributed by atoms with E-state index in [-0.39, 0.29) is 15.4 Å². The van der Waals surface area contributed by atoms with Crippen LogP contribution in [0.5, 0.6) is 0 Å². The maximum atomic E-state index is 13.1. The van der Waals surface area contributed by atoms with Gasteiger partial charge in [-0.15, -0.1) is 0 Å². The van der Waals surface area contributed by atoms with Gasteiger partial charge in [0.15, 0.2) is 0 Å². The van der Waals surface area contributed by atoms with Crippen LogP contribution in [0.4, 0.5) is 0 Å². The Morgan fingerprint density at radius 3 is 2.30 bits per heavy atom. The van der Waals surface area contributed by atoms with Gasteiger partial charge in [-0.25, -0.2) is 22.0 Å². The Morgan fingerprint density at radius 1 is 0.933 bits per heavy atom. The Kier molecular flexibility index (Phi) is 5.60. The number of hydrogen-bond acceptors (Lipinski definition) is 5. The third-order valence-electron chi connectivity index (χ3n) is 5.00. The Hall–Kier alpha value is -1.66. The maximum absolute atomic E-state index is 13.1. The molecule has 30 heavy (non-hydrogen) atoms. The quantitative estimate of drug-likeness (QED) is 0.519. The molecule has 3 aromatic rings. The highest BCUT2D eigenvalue weighted by Gasteiger charge is 2.28. The Balaban J connectivity index is 1.97. The average molecular weight is 489 g/mol. The summed E-state index contributed by atoms with van der Waals surface area (Å²) in [4.78, 5) is 2.76. The lowest BCUT2D eigenvalue weighted by Gasteiger charge is -2.27. The molecule has 4 N–H and O–H groups in total. The van der Waals surface area contributed by atoms with Gasteiger partial charge in [0.25, 0.3) is 0 Å². The van der Waals surface area contributed by atoms with E-state index in [4.69, 9.17) is 28.3 Å². The lowest BCUT2D eigenvalue weighted by molar-refractivity contribution is 0.360. The summed E-state index contributed by atoms with van der Waals surface area (Å²) in [5, 5.41) is 9.76. The van der Waals surface area contributed by atoms with E-state index in [2.05, 4.69) is 10.3 Å². The van der Waals surface area contributed by atoms with Crippen molar-refractivity contribution in [2.75, 3.05) is 26.2 Å². The van der Waals surface area contributed by atoms with E-state index in [0.29, 0.717) is 52.7 Å². The minimum absolute atomic E-state index is 0.0208. The molecule has 4 rings (SSSR count). The van der Waals surface area contributed by atoms with Crippen LogP contribution in [0.3, 0.4) is 0 Å². The lowest BCUT2D eigenvalue weighted by Crippen LogP contribution is -2.46. The molecule has 0 saturated carbocycles. The normalized spacial score (nSPS) is 16.2. The van der Waals surface area contributed by atoms with Gasteiger partial charge in [0.05, 0.1) is 25.4 Å². The fraction of sp³-hybridized carbons (Fsp3) is 0.222. The van der Waals surface area contributed by atoms with Crippen LogP contribution >= 0.6 is 23.2 Å².